The Hall–Kier alpha value is -0.420. The second-order valence-corrected chi connectivity index (χ2v) is 6.41. The van der Waals surface area contributed by atoms with Crippen molar-refractivity contribution in [2.45, 2.75) is 87.7 Å². The van der Waals surface area contributed by atoms with Crippen molar-refractivity contribution in [3.8, 4) is 0 Å². The van der Waals surface area contributed by atoms with Crippen molar-refractivity contribution in [1.29, 1.82) is 0 Å². The van der Waals surface area contributed by atoms with E-state index in [1.165, 1.54) is 6.42 Å². The summed E-state index contributed by atoms with van der Waals surface area (Å²) in [6, 6.07) is 0. The van der Waals surface area contributed by atoms with Crippen LogP contribution in [0.15, 0.2) is 0 Å². The summed E-state index contributed by atoms with van der Waals surface area (Å²) in [6.45, 7) is 19.4. The van der Waals surface area contributed by atoms with E-state index in [4.69, 9.17) is 4.74 Å². The minimum absolute atomic E-state index is 0.227. The first kappa shape index (κ1) is 31.4. The summed E-state index contributed by atoms with van der Waals surface area (Å²) in [5.41, 5.74) is 4.61. The summed E-state index contributed by atoms with van der Waals surface area (Å²) in [5, 5.41) is 0.257. The molecule has 0 aliphatic rings. The van der Waals surface area contributed by atoms with Gasteiger partial charge in [-0.3, -0.25) is 9.59 Å². The highest BCUT2D eigenvalue weighted by molar-refractivity contribution is 9.09. The van der Waals surface area contributed by atoms with Gasteiger partial charge in [0.2, 0.25) is 5.91 Å². The topological polar surface area (TPSA) is 69.4 Å². The van der Waals surface area contributed by atoms with E-state index < -0.39 is 0 Å². The summed E-state index contributed by atoms with van der Waals surface area (Å²) >= 11 is 2.84. The van der Waals surface area contributed by atoms with Gasteiger partial charge in [-0.2, -0.15) is 0 Å². The molecule has 0 aromatic carbocycles. The van der Waals surface area contributed by atoms with E-state index in [9.17, 15) is 9.59 Å². The molecule has 1 atom stereocenters. The lowest BCUT2D eigenvalue weighted by Gasteiger charge is -2.11. The molecule has 24 heavy (non-hydrogen) atoms. The Morgan fingerprint density at radius 1 is 1.04 bits per heavy atom. The maximum Gasteiger partial charge on any atom is 0.228 e. The Morgan fingerprint density at radius 3 is 1.62 bits per heavy atom. The number of rotatable bonds is 8. The number of hydrogen-bond donors (Lipinski definition) is 1. The highest BCUT2D eigenvalue weighted by Gasteiger charge is 2.00. The fourth-order valence-electron chi connectivity index (χ4n) is 1.03. The molecule has 0 saturated heterocycles. The van der Waals surface area contributed by atoms with Gasteiger partial charge < -0.3 is 10.5 Å². The number of nitrogens with two attached hydrogens (primary N) is 1. The average molecular weight is 412 g/mol. The third kappa shape index (κ3) is 37.7. The zero-order valence-electron chi connectivity index (χ0n) is 17.4. The van der Waals surface area contributed by atoms with Crippen molar-refractivity contribution in [3.05, 3.63) is 0 Å². The molecule has 0 aromatic heterocycles. The van der Waals surface area contributed by atoms with Crippen LogP contribution in [0.2, 0.25) is 0 Å². The molecular formula is C19H42BrNO3. The van der Waals surface area contributed by atoms with Gasteiger partial charge in [-0.15, -0.1) is 0 Å². The first-order chi connectivity index (χ1) is 11.1. The Labute approximate surface area is 159 Å². The number of ketones is 1. The molecule has 0 fully saturated rings. The van der Waals surface area contributed by atoms with Crippen molar-refractivity contribution in [3.63, 3.8) is 0 Å². The molecular weight excluding hydrogens is 370 g/mol. The summed E-state index contributed by atoms with van der Waals surface area (Å²) in [7, 11) is 0. The van der Waals surface area contributed by atoms with E-state index in [2.05, 4.69) is 49.4 Å². The van der Waals surface area contributed by atoms with Gasteiger partial charge in [-0.1, -0.05) is 71.3 Å². The zero-order valence-corrected chi connectivity index (χ0v) is 19.0. The number of halogens is 1. The number of amides is 1. The Bertz CT molecular complexity index is 269. The van der Waals surface area contributed by atoms with E-state index in [0.717, 1.165) is 18.9 Å². The van der Waals surface area contributed by atoms with Gasteiger partial charge in [0, 0.05) is 18.9 Å². The molecule has 1 amide bonds. The van der Waals surface area contributed by atoms with Crippen LogP contribution in [0.4, 0.5) is 0 Å². The monoisotopic (exact) mass is 411 g/mol. The van der Waals surface area contributed by atoms with Gasteiger partial charge in [0.25, 0.3) is 0 Å². The Balaban J connectivity index is -0.000000125. The van der Waals surface area contributed by atoms with Gasteiger partial charge in [-0.25, -0.2) is 0 Å². The standard InChI is InChI=1S/C9H20O.C6H12O.C2H4BrNO.C2H6/c1-5-9(4)10-7-6-8(2)3;1-4-6(7)5(2)3;3-1-2(4)5;1-2/h8-9H,5-7H2,1-4H3;5H,4H2,1-3H3;1H2,(H2,4,5);1-2H3. The fraction of sp³-hybridized carbons (Fsp3) is 0.895. The van der Waals surface area contributed by atoms with Crippen LogP contribution in [-0.2, 0) is 14.3 Å². The summed E-state index contributed by atoms with van der Waals surface area (Å²) < 4.78 is 5.50. The van der Waals surface area contributed by atoms with E-state index in [1.54, 1.807) is 0 Å². The fourth-order valence-corrected chi connectivity index (χ4v) is 1.03. The molecule has 0 rings (SSSR count). The number of alkyl halides is 1. The number of ether oxygens (including phenoxy) is 1. The van der Waals surface area contributed by atoms with Crippen LogP contribution in [0.3, 0.4) is 0 Å². The van der Waals surface area contributed by atoms with Crippen molar-refractivity contribution in [1.82, 2.24) is 0 Å². The van der Waals surface area contributed by atoms with Gasteiger partial charge in [0.05, 0.1) is 11.4 Å². The van der Waals surface area contributed by atoms with Crippen LogP contribution in [0.5, 0.6) is 0 Å². The van der Waals surface area contributed by atoms with Gasteiger partial charge in [0.1, 0.15) is 5.78 Å². The SMILES string of the molecule is CC.CCC(=O)C(C)C.CCC(C)OCCC(C)C.NC(=O)CBr. The largest absolute Gasteiger partial charge is 0.379 e. The second kappa shape index (κ2) is 24.8. The highest BCUT2D eigenvalue weighted by Crippen LogP contribution is 2.02. The second-order valence-electron chi connectivity index (χ2n) is 5.85. The van der Waals surface area contributed by atoms with E-state index in [0.29, 0.717) is 18.3 Å². The molecule has 148 valence electrons. The minimum atomic E-state index is -0.329. The molecule has 0 radical (unpaired) electrons. The van der Waals surface area contributed by atoms with Crippen LogP contribution in [0.1, 0.15) is 81.6 Å². The number of primary amides is 1. The molecule has 0 aromatic rings. The van der Waals surface area contributed by atoms with Crippen molar-refractivity contribution < 1.29 is 14.3 Å². The number of Topliss-reactive ketones (excluding diaryl/α,β-unsaturated/α-hetero) is 1. The Kier molecular flexibility index (Phi) is 32.4. The highest BCUT2D eigenvalue weighted by atomic mass is 79.9. The summed E-state index contributed by atoms with van der Waals surface area (Å²) in [5.74, 6) is 1.01. The lowest BCUT2D eigenvalue weighted by molar-refractivity contribution is -0.121. The average Bonchev–Trinajstić information content (AvgIpc) is 2.56. The van der Waals surface area contributed by atoms with Crippen molar-refractivity contribution in [2.24, 2.45) is 17.6 Å². The smallest absolute Gasteiger partial charge is 0.228 e. The Morgan fingerprint density at radius 2 is 1.46 bits per heavy atom. The molecule has 0 spiro atoms. The molecule has 0 bridgehead atoms. The molecule has 2 N–H and O–H groups in total. The van der Waals surface area contributed by atoms with Crippen molar-refractivity contribution in [2.75, 3.05) is 11.9 Å². The predicted octanol–water partition coefficient (Wildman–Crippen LogP) is 5.36. The van der Waals surface area contributed by atoms with Gasteiger partial charge >= 0.3 is 0 Å². The molecule has 0 saturated carbocycles. The summed E-state index contributed by atoms with van der Waals surface area (Å²) in [6.07, 6.45) is 3.43. The third-order valence-corrected chi connectivity index (χ3v) is 3.35. The molecule has 5 heteroatoms. The van der Waals surface area contributed by atoms with Crippen LogP contribution in [-0.4, -0.2) is 29.7 Å². The molecule has 1 unspecified atom stereocenters. The number of carbonyl (C=O) groups excluding carboxylic acids is 2. The third-order valence-electron chi connectivity index (χ3n) is 2.80. The van der Waals surface area contributed by atoms with Crippen molar-refractivity contribution >= 4 is 27.6 Å². The first-order valence-electron chi connectivity index (χ1n) is 9.10. The molecule has 4 nitrogen and oxygen atoms in total. The van der Waals surface area contributed by atoms with E-state index >= 15 is 0 Å². The van der Waals surface area contributed by atoms with Crippen LogP contribution in [0.25, 0.3) is 0 Å². The quantitative estimate of drug-likeness (QED) is 0.546. The van der Waals surface area contributed by atoms with Gasteiger partial charge in [-0.05, 0) is 25.7 Å². The molecule has 0 heterocycles. The maximum absolute atomic E-state index is 10.5. The number of hydrogen-bond acceptors (Lipinski definition) is 3. The van der Waals surface area contributed by atoms with E-state index in [-0.39, 0.29) is 17.2 Å². The normalized spacial score (nSPS) is 10.5. The lowest BCUT2D eigenvalue weighted by Crippen LogP contribution is -2.10. The first-order valence-corrected chi connectivity index (χ1v) is 10.2. The summed E-state index contributed by atoms with van der Waals surface area (Å²) in [4.78, 5) is 20.1. The van der Waals surface area contributed by atoms with E-state index in [1.807, 2.05) is 34.6 Å². The minimum Gasteiger partial charge on any atom is -0.379 e. The maximum atomic E-state index is 10.5. The lowest BCUT2D eigenvalue weighted by atomic mass is 10.1. The predicted molar refractivity (Wildman–Crippen MR) is 110 cm³/mol. The van der Waals surface area contributed by atoms with Gasteiger partial charge in [0.15, 0.2) is 0 Å². The van der Waals surface area contributed by atoms with Crippen LogP contribution < -0.4 is 5.73 Å². The van der Waals surface area contributed by atoms with Crippen LogP contribution >= 0.6 is 15.9 Å². The van der Waals surface area contributed by atoms with Crippen LogP contribution in [0, 0.1) is 11.8 Å². The molecule has 0 aliphatic carbocycles. The molecule has 0 aliphatic heterocycles. The number of carbonyl (C=O) groups is 2. The zero-order chi connectivity index (χ0) is 20.1.